The highest BCUT2D eigenvalue weighted by atomic mass is 32.1. The van der Waals surface area contributed by atoms with Crippen LogP contribution in [0.15, 0.2) is 109 Å². The van der Waals surface area contributed by atoms with Crippen molar-refractivity contribution in [2.45, 2.75) is 0 Å². The zero-order valence-corrected chi connectivity index (χ0v) is 37.7. The molecule has 0 saturated carbocycles. The topological polar surface area (TPSA) is 86.3 Å². The van der Waals surface area contributed by atoms with Crippen LogP contribution in [0.4, 0.5) is 17.1 Å². The molecule has 16 heteroatoms. The third-order valence-electron chi connectivity index (χ3n) is 9.37. The van der Waals surface area contributed by atoms with Crippen molar-refractivity contribution in [2.75, 3.05) is 68.9 Å². The summed E-state index contributed by atoms with van der Waals surface area (Å²) in [6.45, 7) is 0. The van der Waals surface area contributed by atoms with Crippen LogP contribution in [0.25, 0.3) is 31.3 Å². The second-order valence-electron chi connectivity index (χ2n) is 12.0. The van der Waals surface area contributed by atoms with E-state index in [0.29, 0.717) is 0 Å². The first-order chi connectivity index (χ1) is 26.7. The Balaban J connectivity index is 1.35. The maximum absolute atomic E-state index is 5.73. The van der Waals surface area contributed by atoms with Crippen molar-refractivity contribution in [2.24, 2.45) is 0 Å². The molecule has 0 fully saturated rings. The monoisotopic (exact) mass is 851 g/mol. The summed E-state index contributed by atoms with van der Waals surface area (Å²) in [5, 5.41) is 0. The molecule has 10 nitrogen and oxygen atoms in total. The van der Waals surface area contributed by atoms with E-state index < -0.39 is 26.4 Å². The molecule has 3 aromatic heterocycles. The summed E-state index contributed by atoms with van der Waals surface area (Å²) in [6.07, 6.45) is 0. The van der Waals surface area contributed by atoms with Crippen LogP contribution < -0.4 is 18.4 Å². The Hall–Kier alpha value is -3.15. The molecule has 0 radical (unpaired) electrons. The van der Waals surface area contributed by atoms with Gasteiger partial charge in [0.05, 0.1) is 13.5 Å². The number of thiophene rings is 3. The summed E-state index contributed by atoms with van der Waals surface area (Å²) in [5.74, 6) is 0. The lowest BCUT2D eigenvalue weighted by Gasteiger charge is -2.26. The van der Waals surface area contributed by atoms with E-state index in [0.717, 1.165) is 61.9 Å². The van der Waals surface area contributed by atoms with E-state index in [2.05, 4.69) is 95.9 Å². The minimum atomic E-state index is -2.93. The summed E-state index contributed by atoms with van der Waals surface area (Å²) >= 11 is 4.86. The number of nitrogens with zero attached hydrogens (tertiary/aromatic N) is 1. The Bertz CT molecular complexity index is 1860. The highest BCUT2D eigenvalue weighted by Gasteiger charge is 2.44. The van der Waals surface area contributed by atoms with Crippen molar-refractivity contribution in [3.05, 3.63) is 109 Å². The highest BCUT2D eigenvalue weighted by Crippen LogP contribution is 2.39. The molecular formula is C39H45NO9S3Si3. The lowest BCUT2D eigenvalue weighted by Crippen LogP contribution is -2.53. The maximum Gasteiger partial charge on any atom is 0.546 e. The smallest absolute Gasteiger partial charge is 0.373 e. The molecule has 0 N–H and O–H groups in total. The van der Waals surface area contributed by atoms with Gasteiger partial charge in [-0.1, -0.05) is 36.4 Å². The van der Waals surface area contributed by atoms with E-state index in [4.69, 9.17) is 39.8 Å². The predicted molar refractivity (Wildman–Crippen MR) is 230 cm³/mol. The van der Waals surface area contributed by atoms with Gasteiger partial charge >= 0.3 is 26.4 Å². The molecular weight excluding hydrogens is 807 g/mol. The van der Waals surface area contributed by atoms with E-state index >= 15 is 0 Å². The minimum Gasteiger partial charge on any atom is -0.373 e. The van der Waals surface area contributed by atoms with Crippen molar-refractivity contribution < 1.29 is 39.8 Å². The van der Waals surface area contributed by atoms with Crippen molar-refractivity contribution in [1.82, 2.24) is 0 Å². The minimum absolute atomic E-state index is 0.955. The van der Waals surface area contributed by atoms with Gasteiger partial charge < -0.3 is 44.7 Å². The van der Waals surface area contributed by atoms with Crippen molar-refractivity contribution >= 4 is 91.0 Å². The van der Waals surface area contributed by atoms with Gasteiger partial charge in [0.2, 0.25) is 0 Å². The maximum atomic E-state index is 5.73. The average molecular weight is 852 g/mol. The molecule has 6 rings (SSSR count). The summed E-state index contributed by atoms with van der Waals surface area (Å²) in [6, 6.07) is 38.1. The van der Waals surface area contributed by atoms with E-state index in [9.17, 15) is 0 Å². The standard InChI is InChI=1S/C39H45NO9S3Si3/c1-41-53(42-2,43-3)37-25-22-34(50-37)28-10-16-31(17-11-28)40(32-18-12-29(13-19-32)35-23-26-38(51-35)54(44-4,45-5)46-6)33-20-14-30(15-21-33)36-24-27-39(52-36)55(47-7,48-8)49-9/h10-27H,1-9H3. The summed E-state index contributed by atoms with van der Waals surface area (Å²) in [7, 11) is 5.85. The van der Waals surface area contributed by atoms with Crippen LogP contribution in [-0.4, -0.2) is 90.4 Å². The van der Waals surface area contributed by atoms with Gasteiger partial charge in [-0.2, -0.15) is 0 Å². The fourth-order valence-electron chi connectivity index (χ4n) is 6.40. The molecule has 3 aromatic carbocycles. The molecule has 0 atom stereocenters. The Morgan fingerprint density at radius 1 is 0.309 bits per heavy atom. The van der Waals surface area contributed by atoms with Gasteiger partial charge in [0.1, 0.15) is 0 Å². The van der Waals surface area contributed by atoms with Crippen LogP contribution in [0.3, 0.4) is 0 Å². The largest absolute Gasteiger partial charge is 0.546 e. The molecule has 55 heavy (non-hydrogen) atoms. The van der Waals surface area contributed by atoms with Crippen LogP contribution in [0.5, 0.6) is 0 Å². The SMILES string of the molecule is CO[Si](OC)(OC)c1ccc(-c2ccc(N(c3ccc(-c4ccc([Si](OC)(OC)OC)s4)cc3)c3ccc(-c4ccc([Si](OC)(OC)OC)s4)cc3)cc2)s1. The average Bonchev–Trinajstić information content (AvgIpc) is 4.05. The van der Waals surface area contributed by atoms with Crippen LogP contribution in [-0.2, 0) is 39.8 Å². The van der Waals surface area contributed by atoms with Gasteiger partial charge in [0, 0.05) is 95.7 Å². The van der Waals surface area contributed by atoms with Crippen molar-refractivity contribution in [1.29, 1.82) is 0 Å². The number of benzene rings is 3. The first kappa shape index (κ1) is 41.5. The molecule has 0 aliphatic carbocycles. The number of rotatable bonds is 18. The molecule has 0 aliphatic heterocycles. The molecule has 0 saturated heterocycles. The van der Waals surface area contributed by atoms with Gasteiger partial charge in [0.25, 0.3) is 0 Å². The first-order valence-electron chi connectivity index (χ1n) is 17.1. The van der Waals surface area contributed by atoms with Gasteiger partial charge in [-0.3, -0.25) is 0 Å². The summed E-state index contributed by atoms with van der Waals surface area (Å²) < 4.78 is 54.4. The third-order valence-corrected chi connectivity index (χ3v) is 22.5. The van der Waals surface area contributed by atoms with Crippen LogP contribution in [0.2, 0.25) is 0 Å². The molecule has 0 aliphatic rings. The summed E-state index contributed by atoms with van der Waals surface area (Å²) in [4.78, 5) is 5.55. The molecule has 3 heterocycles. The highest BCUT2D eigenvalue weighted by molar-refractivity contribution is 7.27. The Morgan fingerprint density at radius 2 is 0.527 bits per heavy atom. The quantitative estimate of drug-likeness (QED) is 0.0807. The van der Waals surface area contributed by atoms with Crippen molar-refractivity contribution in [3.8, 4) is 31.3 Å². The van der Waals surface area contributed by atoms with Crippen LogP contribution in [0.1, 0.15) is 0 Å². The Labute approximate surface area is 338 Å². The normalized spacial score (nSPS) is 12.4. The molecule has 290 valence electrons. The van der Waals surface area contributed by atoms with E-state index in [1.165, 1.54) is 0 Å². The van der Waals surface area contributed by atoms with Gasteiger partial charge in [-0.05, 0) is 89.5 Å². The van der Waals surface area contributed by atoms with Gasteiger partial charge in [-0.15, -0.1) is 34.0 Å². The summed E-state index contributed by atoms with van der Waals surface area (Å²) in [5.41, 5.74) is 6.30. The van der Waals surface area contributed by atoms with Gasteiger partial charge in [0.15, 0.2) is 0 Å². The Morgan fingerprint density at radius 3 is 0.727 bits per heavy atom. The molecule has 0 spiro atoms. The number of anilines is 3. The van der Waals surface area contributed by atoms with E-state index in [-0.39, 0.29) is 0 Å². The lowest BCUT2D eigenvalue weighted by atomic mass is 10.1. The van der Waals surface area contributed by atoms with Crippen LogP contribution in [0, 0.1) is 0 Å². The predicted octanol–water partition coefficient (Wildman–Crippen LogP) is 7.60. The zero-order chi connectivity index (χ0) is 39.2. The second kappa shape index (κ2) is 18.0. The van der Waals surface area contributed by atoms with Gasteiger partial charge in [-0.25, -0.2) is 0 Å². The molecule has 0 amide bonds. The lowest BCUT2D eigenvalue weighted by molar-refractivity contribution is 0.140. The zero-order valence-electron chi connectivity index (χ0n) is 32.2. The van der Waals surface area contributed by atoms with E-state index in [1.54, 1.807) is 98.0 Å². The molecule has 6 aromatic rings. The van der Waals surface area contributed by atoms with Crippen LogP contribution >= 0.6 is 34.0 Å². The Kier molecular flexibility index (Phi) is 13.6. The number of hydrogen-bond donors (Lipinski definition) is 0. The molecule has 0 bridgehead atoms. The number of hydrogen-bond acceptors (Lipinski definition) is 13. The fraction of sp³-hybridized carbons (Fsp3) is 0.231. The second-order valence-corrected chi connectivity index (χ2v) is 24.9. The van der Waals surface area contributed by atoms with E-state index in [1.807, 2.05) is 18.2 Å². The van der Waals surface area contributed by atoms with Crippen molar-refractivity contribution in [3.63, 3.8) is 0 Å². The molecule has 0 unspecified atom stereocenters. The third kappa shape index (κ3) is 8.04. The first-order valence-corrected chi connectivity index (χ1v) is 24.7. The fourth-order valence-corrected chi connectivity index (χ4v) is 17.6.